The molecule has 6 rings (SSSR count). The van der Waals surface area contributed by atoms with Crippen molar-refractivity contribution in [1.29, 1.82) is 0 Å². The van der Waals surface area contributed by atoms with Crippen LogP contribution in [0.25, 0.3) is 0 Å². The molecule has 2 N–H and O–H groups in total. The van der Waals surface area contributed by atoms with E-state index >= 15 is 0 Å². The fourth-order valence-electron chi connectivity index (χ4n) is 6.94. The molecule has 0 radical (unpaired) electrons. The lowest BCUT2D eigenvalue weighted by molar-refractivity contribution is -0.148. The highest BCUT2D eigenvalue weighted by molar-refractivity contribution is 5.87. The average Bonchev–Trinajstić information content (AvgIpc) is 3.10. The number of carbonyl (C=O) groups excluding carboxylic acids is 1. The standard InChI is InChI=1S/C19H25NO3/c21-18(15-11-1-2-12(8-11)16(15)19(22)23)20-17-13-4-9-3-10(6-13)7-14(17)5-9/h1-2,9-17H,3-8H2,(H,20,21)(H,22,23)/t9?,10?,11-,12+,13?,14?,15-,16+,17?/m0/s1. The van der Waals surface area contributed by atoms with Crippen LogP contribution in [0.2, 0.25) is 0 Å². The lowest BCUT2D eigenvalue weighted by Gasteiger charge is -2.54. The predicted octanol–water partition coefficient (Wildman–Crippen LogP) is 2.45. The second kappa shape index (κ2) is 4.84. The van der Waals surface area contributed by atoms with Gasteiger partial charge in [0.05, 0.1) is 11.8 Å². The highest BCUT2D eigenvalue weighted by Crippen LogP contribution is 2.54. The first kappa shape index (κ1) is 14.1. The van der Waals surface area contributed by atoms with E-state index in [0.29, 0.717) is 17.9 Å². The van der Waals surface area contributed by atoms with Gasteiger partial charge in [-0.25, -0.2) is 0 Å². The third-order valence-electron chi connectivity index (χ3n) is 7.58. The van der Waals surface area contributed by atoms with Crippen molar-refractivity contribution in [3.8, 4) is 0 Å². The number of carbonyl (C=O) groups is 2. The van der Waals surface area contributed by atoms with Crippen LogP contribution in [0, 0.1) is 47.3 Å². The molecule has 4 atom stereocenters. The van der Waals surface area contributed by atoms with Gasteiger partial charge < -0.3 is 10.4 Å². The molecule has 0 aromatic carbocycles. The molecule has 4 heteroatoms. The highest BCUT2D eigenvalue weighted by Gasteiger charge is 2.54. The summed E-state index contributed by atoms with van der Waals surface area (Å²) in [6.07, 6.45) is 11.4. The van der Waals surface area contributed by atoms with Gasteiger partial charge in [0.2, 0.25) is 5.91 Å². The average molecular weight is 315 g/mol. The number of nitrogens with one attached hydrogen (secondary N) is 1. The molecule has 23 heavy (non-hydrogen) atoms. The van der Waals surface area contributed by atoms with Crippen molar-refractivity contribution in [3.63, 3.8) is 0 Å². The zero-order chi connectivity index (χ0) is 15.7. The van der Waals surface area contributed by atoms with Crippen LogP contribution in [0.1, 0.15) is 38.5 Å². The zero-order valence-electron chi connectivity index (χ0n) is 13.4. The minimum absolute atomic E-state index is 0.0201. The summed E-state index contributed by atoms with van der Waals surface area (Å²) in [6.45, 7) is 0. The van der Waals surface area contributed by atoms with Crippen LogP contribution in [0.15, 0.2) is 12.2 Å². The monoisotopic (exact) mass is 315 g/mol. The normalized spacial score (nSPS) is 52.1. The minimum atomic E-state index is -0.799. The number of amides is 1. The van der Waals surface area contributed by atoms with E-state index in [0.717, 1.165) is 18.3 Å². The fraction of sp³-hybridized carbons (Fsp3) is 0.789. The van der Waals surface area contributed by atoms with Gasteiger partial charge in [0.15, 0.2) is 0 Å². The molecule has 1 amide bonds. The van der Waals surface area contributed by atoms with E-state index < -0.39 is 11.9 Å². The van der Waals surface area contributed by atoms with Crippen molar-refractivity contribution in [2.45, 2.75) is 44.6 Å². The molecule has 0 heterocycles. The fourth-order valence-corrected chi connectivity index (χ4v) is 6.94. The summed E-state index contributed by atoms with van der Waals surface area (Å²) < 4.78 is 0. The predicted molar refractivity (Wildman–Crippen MR) is 84.3 cm³/mol. The molecule has 4 nitrogen and oxygen atoms in total. The molecule has 0 spiro atoms. The van der Waals surface area contributed by atoms with Crippen molar-refractivity contribution in [3.05, 3.63) is 12.2 Å². The Morgan fingerprint density at radius 3 is 1.96 bits per heavy atom. The van der Waals surface area contributed by atoms with Crippen molar-refractivity contribution >= 4 is 11.9 Å². The first-order valence-electron chi connectivity index (χ1n) is 9.31. The van der Waals surface area contributed by atoms with Crippen molar-refractivity contribution in [2.75, 3.05) is 0 Å². The van der Waals surface area contributed by atoms with E-state index in [1.165, 1.54) is 32.1 Å². The Kier molecular flexibility index (Phi) is 2.96. The second-order valence-corrected chi connectivity index (χ2v) is 8.80. The Labute approximate surface area is 136 Å². The number of fused-ring (bicyclic) bond motifs is 2. The molecule has 0 saturated heterocycles. The van der Waals surface area contributed by atoms with E-state index in [4.69, 9.17) is 0 Å². The van der Waals surface area contributed by atoms with E-state index in [1.54, 1.807) is 0 Å². The Bertz CT molecular complexity index is 555. The van der Waals surface area contributed by atoms with Gasteiger partial charge in [-0.05, 0) is 74.0 Å². The molecular formula is C19H25NO3. The molecule has 0 unspecified atom stereocenters. The number of aliphatic carboxylic acids is 1. The summed E-state index contributed by atoms with van der Waals surface area (Å²) in [5.41, 5.74) is 0. The number of hydrogen-bond donors (Lipinski definition) is 2. The van der Waals surface area contributed by atoms with Crippen LogP contribution in [0.3, 0.4) is 0 Å². The molecule has 5 saturated carbocycles. The van der Waals surface area contributed by atoms with E-state index in [2.05, 4.69) is 11.4 Å². The van der Waals surface area contributed by atoms with Gasteiger partial charge in [0.1, 0.15) is 0 Å². The van der Waals surface area contributed by atoms with Crippen LogP contribution in [-0.4, -0.2) is 23.0 Å². The van der Waals surface area contributed by atoms with Crippen molar-refractivity contribution in [1.82, 2.24) is 5.32 Å². The van der Waals surface area contributed by atoms with Gasteiger partial charge in [-0.3, -0.25) is 9.59 Å². The number of hydrogen-bond acceptors (Lipinski definition) is 2. The zero-order valence-corrected chi connectivity index (χ0v) is 13.4. The maximum atomic E-state index is 12.9. The molecule has 124 valence electrons. The van der Waals surface area contributed by atoms with Crippen molar-refractivity contribution in [2.24, 2.45) is 47.3 Å². The van der Waals surface area contributed by atoms with Gasteiger partial charge in [-0.2, -0.15) is 0 Å². The van der Waals surface area contributed by atoms with Gasteiger partial charge >= 0.3 is 5.97 Å². The Morgan fingerprint density at radius 1 is 0.826 bits per heavy atom. The molecule has 0 aromatic heterocycles. The smallest absolute Gasteiger partial charge is 0.307 e. The van der Waals surface area contributed by atoms with Crippen molar-refractivity contribution < 1.29 is 14.7 Å². The van der Waals surface area contributed by atoms with Crippen LogP contribution in [0.4, 0.5) is 0 Å². The molecule has 6 bridgehead atoms. The summed E-state index contributed by atoms with van der Waals surface area (Å²) in [5, 5.41) is 12.9. The topological polar surface area (TPSA) is 66.4 Å². The molecular weight excluding hydrogens is 290 g/mol. The first-order valence-corrected chi connectivity index (χ1v) is 9.31. The Balaban J connectivity index is 1.34. The summed E-state index contributed by atoms with van der Waals surface area (Å²) in [5.74, 6) is 1.64. The molecule has 6 aliphatic rings. The van der Waals surface area contributed by atoms with E-state index in [-0.39, 0.29) is 23.7 Å². The SMILES string of the molecule is O=C(NC1C2CC3CC(C2)CC1C3)[C@@H]1[C@H](C(=O)O)[C@@H]2C=C[C@H]1C2. The largest absolute Gasteiger partial charge is 0.481 e. The number of rotatable bonds is 3. The first-order chi connectivity index (χ1) is 11.1. The van der Waals surface area contributed by atoms with Gasteiger partial charge in [0.25, 0.3) is 0 Å². The maximum absolute atomic E-state index is 12.9. The van der Waals surface area contributed by atoms with E-state index in [9.17, 15) is 14.7 Å². The van der Waals surface area contributed by atoms with Crippen LogP contribution >= 0.6 is 0 Å². The van der Waals surface area contributed by atoms with Crippen LogP contribution in [0.5, 0.6) is 0 Å². The lowest BCUT2D eigenvalue weighted by atomic mass is 9.54. The Hall–Kier alpha value is -1.32. The van der Waals surface area contributed by atoms with E-state index in [1.807, 2.05) is 6.08 Å². The second-order valence-electron chi connectivity index (χ2n) is 8.80. The molecule has 6 aliphatic carbocycles. The van der Waals surface area contributed by atoms with Crippen LogP contribution in [-0.2, 0) is 9.59 Å². The number of carboxylic acids is 1. The quantitative estimate of drug-likeness (QED) is 0.786. The lowest BCUT2D eigenvalue weighted by Crippen LogP contribution is -2.57. The summed E-state index contributed by atoms with van der Waals surface area (Å²) in [4.78, 5) is 24.6. The summed E-state index contributed by atoms with van der Waals surface area (Å²) >= 11 is 0. The van der Waals surface area contributed by atoms with Crippen LogP contribution < -0.4 is 5.32 Å². The van der Waals surface area contributed by atoms with Gasteiger partial charge in [-0.15, -0.1) is 0 Å². The van der Waals surface area contributed by atoms with Gasteiger partial charge in [-0.1, -0.05) is 12.2 Å². The third kappa shape index (κ3) is 2.03. The maximum Gasteiger partial charge on any atom is 0.307 e. The molecule has 0 aromatic rings. The third-order valence-corrected chi connectivity index (χ3v) is 7.58. The van der Waals surface area contributed by atoms with Gasteiger partial charge in [0, 0.05) is 6.04 Å². The molecule has 0 aliphatic heterocycles. The Morgan fingerprint density at radius 2 is 1.39 bits per heavy atom. The summed E-state index contributed by atoms with van der Waals surface area (Å²) in [6, 6.07) is 0.313. The minimum Gasteiger partial charge on any atom is -0.481 e. The molecule has 5 fully saturated rings. The highest BCUT2D eigenvalue weighted by atomic mass is 16.4. The number of allylic oxidation sites excluding steroid dienone is 2. The summed E-state index contributed by atoms with van der Waals surface area (Å²) in [7, 11) is 0. The number of carboxylic acid groups (broad SMARTS) is 1.